The SMILES string of the molecule is CC(C)[Si](c1cccc(-c2ccccn2)c1)(C(C)C)C(C)C. The van der Waals surface area contributed by atoms with Crippen molar-refractivity contribution in [3.05, 3.63) is 48.7 Å². The molecule has 2 rings (SSSR count). The van der Waals surface area contributed by atoms with E-state index in [4.69, 9.17) is 0 Å². The topological polar surface area (TPSA) is 12.9 Å². The van der Waals surface area contributed by atoms with E-state index in [2.05, 4.69) is 82.9 Å². The van der Waals surface area contributed by atoms with Crippen molar-refractivity contribution >= 4 is 13.3 Å². The monoisotopic (exact) mass is 311 g/mol. The largest absolute Gasteiger partial charge is 0.256 e. The van der Waals surface area contributed by atoms with Crippen LogP contribution in [-0.2, 0) is 0 Å². The molecule has 0 aliphatic heterocycles. The van der Waals surface area contributed by atoms with Crippen LogP contribution in [0, 0.1) is 0 Å². The highest BCUT2D eigenvalue weighted by molar-refractivity contribution is 6.95. The molecule has 2 aromatic rings. The van der Waals surface area contributed by atoms with Gasteiger partial charge in [-0.05, 0) is 34.3 Å². The number of benzene rings is 1. The lowest BCUT2D eigenvalue weighted by Gasteiger charge is -2.43. The number of rotatable bonds is 5. The average Bonchev–Trinajstić information content (AvgIpc) is 2.48. The Labute approximate surface area is 136 Å². The van der Waals surface area contributed by atoms with Crippen LogP contribution in [0.4, 0.5) is 0 Å². The predicted molar refractivity (Wildman–Crippen MR) is 100 cm³/mol. The van der Waals surface area contributed by atoms with Gasteiger partial charge in [0.05, 0.1) is 13.8 Å². The number of hydrogen-bond donors (Lipinski definition) is 0. The maximum atomic E-state index is 4.52. The summed E-state index contributed by atoms with van der Waals surface area (Å²) in [4.78, 5) is 4.52. The second-order valence-electron chi connectivity index (χ2n) is 7.19. The van der Waals surface area contributed by atoms with Gasteiger partial charge in [0.1, 0.15) is 0 Å². The standard InChI is InChI=1S/C20H29NSi/c1-15(2)22(16(3)4,17(5)6)19-11-9-10-18(14-19)20-12-7-8-13-21-20/h7-17H,1-6H3. The lowest BCUT2D eigenvalue weighted by Crippen LogP contribution is -2.55. The van der Waals surface area contributed by atoms with E-state index < -0.39 is 8.07 Å². The Hall–Kier alpha value is -1.41. The van der Waals surface area contributed by atoms with Crippen molar-refractivity contribution in [1.82, 2.24) is 4.98 Å². The van der Waals surface area contributed by atoms with Crippen molar-refractivity contribution < 1.29 is 0 Å². The average molecular weight is 312 g/mol. The first kappa shape index (κ1) is 16.9. The molecule has 2 heteroatoms. The fourth-order valence-corrected chi connectivity index (χ4v) is 11.3. The van der Waals surface area contributed by atoms with Gasteiger partial charge in [0.15, 0.2) is 0 Å². The van der Waals surface area contributed by atoms with E-state index in [1.807, 2.05) is 12.3 Å². The summed E-state index contributed by atoms with van der Waals surface area (Å²) in [7, 11) is -1.60. The molecule has 0 bridgehead atoms. The molecule has 0 saturated heterocycles. The van der Waals surface area contributed by atoms with E-state index in [-0.39, 0.29) is 0 Å². The van der Waals surface area contributed by atoms with Gasteiger partial charge in [0.2, 0.25) is 0 Å². The van der Waals surface area contributed by atoms with Crippen molar-refractivity contribution in [2.24, 2.45) is 0 Å². The van der Waals surface area contributed by atoms with Crippen molar-refractivity contribution in [2.75, 3.05) is 0 Å². The quantitative estimate of drug-likeness (QED) is 0.652. The van der Waals surface area contributed by atoms with Gasteiger partial charge in [-0.1, -0.05) is 77.1 Å². The lowest BCUT2D eigenvalue weighted by molar-refractivity contribution is 0.835. The van der Waals surface area contributed by atoms with Gasteiger partial charge in [0, 0.05) is 6.20 Å². The van der Waals surface area contributed by atoms with Gasteiger partial charge >= 0.3 is 0 Å². The molecule has 0 N–H and O–H groups in total. The Bertz CT molecular complexity index is 580. The first-order valence-corrected chi connectivity index (χ1v) is 10.7. The zero-order valence-corrected chi connectivity index (χ0v) is 15.8. The minimum Gasteiger partial charge on any atom is -0.256 e. The predicted octanol–water partition coefficient (Wildman–Crippen LogP) is 5.63. The van der Waals surface area contributed by atoms with Crippen LogP contribution in [0.3, 0.4) is 0 Å². The minimum atomic E-state index is -1.60. The van der Waals surface area contributed by atoms with Crippen LogP contribution in [-0.4, -0.2) is 13.1 Å². The van der Waals surface area contributed by atoms with Crippen LogP contribution in [0.5, 0.6) is 0 Å². The first-order valence-electron chi connectivity index (χ1n) is 8.42. The number of pyridine rings is 1. The molecule has 118 valence electrons. The smallest absolute Gasteiger partial charge is 0.0942 e. The molecular weight excluding hydrogens is 282 g/mol. The highest BCUT2D eigenvalue weighted by Crippen LogP contribution is 2.41. The van der Waals surface area contributed by atoms with Gasteiger partial charge in [-0.15, -0.1) is 0 Å². The molecule has 0 unspecified atom stereocenters. The van der Waals surface area contributed by atoms with Crippen LogP contribution >= 0.6 is 0 Å². The van der Waals surface area contributed by atoms with Crippen LogP contribution in [0.15, 0.2) is 48.7 Å². The Morgan fingerprint density at radius 3 is 1.91 bits per heavy atom. The summed E-state index contributed by atoms with van der Waals surface area (Å²) in [6, 6.07) is 15.3. The highest BCUT2D eigenvalue weighted by atomic mass is 28.3. The molecule has 0 spiro atoms. The molecule has 1 nitrogen and oxygen atoms in total. The fourth-order valence-electron chi connectivity index (χ4n) is 4.48. The Morgan fingerprint density at radius 2 is 1.41 bits per heavy atom. The summed E-state index contributed by atoms with van der Waals surface area (Å²) in [6.07, 6.45) is 1.88. The van der Waals surface area contributed by atoms with E-state index >= 15 is 0 Å². The maximum absolute atomic E-state index is 4.52. The molecule has 0 amide bonds. The van der Waals surface area contributed by atoms with E-state index in [1.165, 1.54) is 5.56 Å². The number of nitrogens with zero attached hydrogens (tertiary/aromatic N) is 1. The zero-order chi connectivity index (χ0) is 16.3. The van der Waals surface area contributed by atoms with Crippen molar-refractivity contribution in [3.63, 3.8) is 0 Å². The van der Waals surface area contributed by atoms with Gasteiger partial charge < -0.3 is 0 Å². The van der Waals surface area contributed by atoms with Crippen molar-refractivity contribution in [2.45, 2.75) is 58.2 Å². The molecule has 0 saturated carbocycles. The van der Waals surface area contributed by atoms with E-state index in [0.717, 1.165) is 22.3 Å². The minimum absolute atomic E-state index is 0.728. The fraction of sp³-hybridized carbons (Fsp3) is 0.450. The second-order valence-corrected chi connectivity index (χ2v) is 13.1. The number of hydrogen-bond acceptors (Lipinski definition) is 1. The van der Waals surface area contributed by atoms with E-state index in [9.17, 15) is 0 Å². The highest BCUT2D eigenvalue weighted by Gasteiger charge is 2.44. The molecule has 0 aliphatic rings. The zero-order valence-electron chi connectivity index (χ0n) is 14.8. The third kappa shape index (κ3) is 2.89. The van der Waals surface area contributed by atoms with Gasteiger partial charge in [-0.2, -0.15) is 0 Å². The summed E-state index contributed by atoms with van der Waals surface area (Å²) in [6.45, 7) is 14.5. The summed E-state index contributed by atoms with van der Waals surface area (Å²) in [5.41, 5.74) is 4.50. The molecule has 1 aromatic carbocycles. The molecule has 0 atom stereocenters. The van der Waals surface area contributed by atoms with Crippen LogP contribution in [0.25, 0.3) is 11.3 Å². The lowest BCUT2D eigenvalue weighted by atomic mass is 10.1. The van der Waals surface area contributed by atoms with E-state index in [1.54, 1.807) is 5.19 Å². The summed E-state index contributed by atoms with van der Waals surface area (Å²) in [5, 5.41) is 1.58. The number of aromatic nitrogens is 1. The van der Waals surface area contributed by atoms with Crippen LogP contribution < -0.4 is 5.19 Å². The first-order chi connectivity index (χ1) is 10.4. The molecule has 22 heavy (non-hydrogen) atoms. The third-order valence-electron chi connectivity index (χ3n) is 5.19. The van der Waals surface area contributed by atoms with Gasteiger partial charge in [-0.25, -0.2) is 0 Å². The summed E-state index contributed by atoms with van der Waals surface area (Å²) >= 11 is 0. The molecule has 0 fully saturated rings. The molecule has 0 radical (unpaired) electrons. The third-order valence-corrected chi connectivity index (χ3v) is 12.2. The van der Waals surface area contributed by atoms with Crippen molar-refractivity contribution in [3.8, 4) is 11.3 Å². The normalized spacial score (nSPS) is 12.4. The second kappa shape index (κ2) is 6.78. The summed E-state index contributed by atoms with van der Waals surface area (Å²) < 4.78 is 0. The molecular formula is C20H29NSi. The Kier molecular flexibility index (Phi) is 5.22. The molecule has 1 aromatic heterocycles. The maximum Gasteiger partial charge on any atom is 0.0942 e. The van der Waals surface area contributed by atoms with E-state index in [0.29, 0.717) is 0 Å². The van der Waals surface area contributed by atoms with Gasteiger partial charge in [-0.3, -0.25) is 4.98 Å². The Balaban J connectivity index is 2.59. The molecule has 1 heterocycles. The van der Waals surface area contributed by atoms with Crippen LogP contribution in [0.2, 0.25) is 16.6 Å². The van der Waals surface area contributed by atoms with Crippen LogP contribution in [0.1, 0.15) is 41.5 Å². The van der Waals surface area contributed by atoms with Gasteiger partial charge in [0.25, 0.3) is 0 Å². The summed E-state index contributed by atoms with van der Waals surface area (Å²) in [5.74, 6) is 0. The molecule has 0 aliphatic carbocycles. The Morgan fingerprint density at radius 1 is 0.773 bits per heavy atom. The van der Waals surface area contributed by atoms with Crippen molar-refractivity contribution in [1.29, 1.82) is 0 Å².